The van der Waals surface area contributed by atoms with E-state index in [2.05, 4.69) is 10.6 Å². The molecule has 28 heavy (non-hydrogen) atoms. The lowest BCUT2D eigenvalue weighted by Crippen LogP contribution is -2.33. The first-order chi connectivity index (χ1) is 13.7. The quantitative estimate of drug-likeness (QED) is 0.783. The summed E-state index contributed by atoms with van der Waals surface area (Å²) in [6.07, 6.45) is 10.7. The summed E-state index contributed by atoms with van der Waals surface area (Å²) in [5, 5.41) is 6.23. The molecule has 4 heteroatoms. The number of benzene rings is 1. The van der Waals surface area contributed by atoms with Crippen LogP contribution in [-0.2, 0) is 0 Å². The molecule has 0 radical (unpaired) electrons. The lowest BCUT2D eigenvalue weighted by molar-refractivity contribution is 0.0941. The Morgan fingerprint density at radius 2 is 1.25 bits per heavy atom. The molecule has 4 aliphatic rings. The molecule has 0 spiro atoms. The van der Waals surface area contributed by atoms with Gasteiger partial charge in [-0.15, -0.1) is 0 Å². The van der Waals surface area contributed by atoms with E-state index < -0.39 is 0 Å². The van der Waals surface area contributed by atoms with Crippen molar-refractivity contribution in [3.63, 3.8) is 0 Å². The highest BCUT2D eigenvalue weighted by Crippen LogP contribution is 2.48. The molecule has 4 saturated carbocycles. The van der Waals surface area contributed by atoms with Gasteiger partial charge in [-0.05, 0) is 92.2 Å². The third-order valence-corrected chi connectivity index (χ3v) is 8.21. The third-order valence-electron chi connectivity index (χ3n) is 8.21. The molecular formula is C24H32N2O2. The van der Waals surface area contributed by atoms with Crippen LogP contribution in [0.15, 0.2) is 24.3 Å². The third kappa shape index (κ3) is 3.58. The van der Waals surface area contributed by atoms with Crippen molar-refractivity contribution in [2.45, 2.75) is 51.4 Å². The maximum Gasteiger partial charge on any atom is 0.251 e. The fourth-order valence-electron chi connectivity index (χ4n) is 6.71. The molecule has 6 atom stereocenters. The van der Waals surface area contributed by atoms with Crippen LogP contribution < -0.4 is 10.6 Å². The monoisotopic (exact) mass is 380 g/mol. The van der Waals surface area contributed by atoms with Crippen molar-refractivity contribution >= 4 is 11.8 Å². The number of hydrogen-bond acceptors (Lipinski definition) is 2. The van der Waals surface area contributed by atoms with E-state index >= 15 is 0 Å². The first-order valence-electron chi connectivity index (χ1n) is 11.3. The fourth-order valence-corrected chi connectivity index (χ4v) is 6.71. The summed E-state index contributed by atoms with van der Waals surface area (Å²) < 4.78 is 0. The molecule has 2 amide bonds. The normalized spacial score (nSPS) is 35.3. The van der Waals surface area contributed by atoms with Gasteiger partial charge in [0.2, 0.25) is 0 Å². The first-order valence-corrected chi connectivity index (χ1v) is 11.3. The lowest BCUT2D eigenvalue weighted by atomic mass is 9.89. The molecular weight excluding hydrogens is 348 g/mol. The number of carbonyl (C=O) groups is 2. The van der Waals surface area contributed by atoms with Crippen molar-refractivity contribution in [3.05, 3.63) is 35.4 Å². The Labute approximate surface area is 167 Å². The summed E-state index contributed by atoms with van der Waals surface area (Å²) in [4.78, 5) is 25.2. The average Bonchev–Trinajstić information content (AvgIpc) is 3.52. The molecule has 0 aromatic heterocycles. The average molecular weight is 381 g/mol. The van der Waals surface area contributed by atoms with Crippen LogP contribution in [-0.4, -0.2) is 24.9 Å². The van der Waals surface area contributed by atoms with Gasteiger partial charge in [0.15, 0.2) is 0 Å². The molecule has 1 aromatic rings. The van der Waals surface area contributed by atoms with E-state index in [9.17, 15) is 9.59 Å². The van der Waals surface area contributed by atoms with Gasteiger partial charge >= 0.3 is 0 Å². The number of amides is 2. The van der Waals surface area contributed by atoms with Crippen LogP contribution >= 0.6 is 0 Å². The molecule has 0 heterocycles. The van der Waals surface area contributed by atoms with Crippen LogP contribution in [0, 0.1) is 35.5 Å². The second-order valence-corrected chi connectivity index (χ2v) is 9.87. The summed E-state index contributed by atoms with van der Waals surface area (Å²) in [6, 6.07) is 7.18. The Bertz CT molecular complexity index is 701. The van der Waals surface area contributed by atoms with E-state index in [1.807, 2.05) is 18.2 Å². The van der Waals surface area contributed by atoms with Crippen LogP contribution in [0.25, 0.3) is 0 Å². The number of hydrogen-bond donors (Lipinski definition) is 2. The summed E-state index contributed by atoms with van der Waals surface area (Å²) in [6.45, 7) is 1.56. The van der Waals surface area contributed by atoms with E-state index in [1.165, 1.54) is 51.4 Å². The predicted octanol–water partition coefficient (Wildman–Crippen LogP) is 4.02. The van der Waals surface area contributed by atoms with E-state index in [0.717, 1.165) is 36.8 Å². The second kappa shape index (κ2) is 7.53. The lowest BCUT2D eigenvalue weighted by Gasteiger charge is -2.22. The van der Waals surface area contributed by atoms with Gasteiger partial charge in [0.1, 0.15) is 0 Å². The minimum Gasteiger partial charge on any atom is -0.352 e. The second-order valence-electron chi connectivity index (χ2n) is 9.87. The Hall–Kier alpha value is -1.84. The topological polar surface area (TPSA) is 58.2 Å². The van der Waals surface area contributed by atoms with E-state index in [4.69, 9.17) is 0 Å². The van der Waals surface area contributed by atoms with Gasteiger partial charge < -0.3 is 10.6 Å². The Balaban J connectivity index is 1.14. The smallest absolute Gasteiger partial charge is 0.251 e. The van der Waals surface area contributed by atoms with Crippen molar-refractivity contribution in [1.82, 2.24) is 10.6 Å². The molecule has 5 rings (SSSR count). The standard InChI is InChI=1S/C24H32N2O2/c27-23(25-13-21-10-15-4-6-17(21)8-15)19-2-1-3-20(12-19)24(28)26-14-22-11-16-5-7-18(22)9-16/h1-3,12,15-18,21-22H,4-11,13-14H2,(H,25,27)(H,26,28)/t15-,16-,17-,18-,21+,22+/m1/s1. The zero-order chi connectivity index (χ0) is 19.1. The number of fused-ring (bicyclic) bond motifs is 4. The molecule has 150 valence electrons. The highest BCUT2D eigenvalue weighted by Gasteiger charge is 2.40. The van der Waals surface area contributed by atoms with Gasteiger partial charge in [-0.25, -0.2) is 0 Å². The van der Waals surface area contributed by atoms with E-state index in [1.54, 1.807) is 6.07 Å². The predicted molar refractivity (Wildman–Crippen MR) is 109 cm³/mol. The molecule has 4 fully saturated rings. The largest absolute Gasteiger partial charge is 0.352 e. The van der Waals surface area contributed by atoms with Crippen LogP contribution in [0.1, 0.15) is 72.1 Å². The highest BCUT2D eigenvalue weighted by molar-refractivity contribution is 5.99. The van der Waals surface area contributed by atoms with Gasteiger partial charge in [-0.2, -0.15) is 0 Å². The van der Waals surface area contributed by atoms with Crippen LogP contribution in [0.3, 0.4) is 0 Å². The SMILES string of the molecule is O=C(NC[C@@H]1C[C@@H]2CC[C@@H]1C2)c1cccc(C(=O)NC[C@@H]2C[C@@H]3CC[C@@H]2C3)c1. The van der Waals surface area contributed by atoms with Gasteiger partial charge in [0.05, 0.1) is 0 Å². The van der Waals surface area contributed by atoms with Gasteiger partial charge in [-0.1, -0.05) is 18.9 Å². The molecule has 0 aliphatic heterocycles. The first kappa shape index (κ1) is 18.2. The van der Waals surface area contributed by atoms with Gasteiger partial charge in [0.25, 0.3) is 11.8 Å². The molecule has 4 nitrogen and oxygen atoms in total. The van der Waals surface area contributed by atoms with Crippen molar-refractivity contribution < 1.29 is 9.59 Å². The molecule has 2 N–H and O–H groups in total. The van der Waals surface area contributed by atoms with Crippen molar-refractivity contribution in [2.24, 2.45) is 35.5 Å². The number of rotatable bonds is 6. The molecule has 4 aliphatic carbocycles. The molecule has 1 aromatic carbocycles. The summed E-state index contributed by atoms with van der Waals surface area (Å²) >= 11 is 0. The van der Waals surface area contributed by atoms with Crippen molar-refractivity contribution in [2.75, 3.05) is 13.1 Å². The van der Waals surface area contributed by atoms with Gasteiger partial charge in [-0.3, -0.25) is 9.59 Å². The Morgan fingerprint density at radius 1 is 0.750 bits per heavy atom. The number of nitrogens with one attached hydrogen (secondary N) is 2. The Morgan fingerprint density at radius 3 is 1.64 bits per heavy atom. The zero-order valence-electron chi connectivity index (χ0n) is 16.7. The number of carbonyl (C=O) groups excluding carboxylic acids is 2. The van der Waals surface area contributed by atoms with Crippen LogP contribution in [0.2, 0.25) is 0 Å². The maximum atomic E-state index is 12.6. The van der Waals surface area contributed by atoms with Crippen molar-refractivity contribution in [1.29, 1.82) is 0 Å². The molecule has 4 bridgehead atoms. The summed E-state index contributed by atoms with van der Waals surface area (Å²) in [5.74, 6) is 4.62. The minimum absolute atomic E-state index is 0.0504. The minimum atomic E-state index is -0.0504. The van der Waals surface area contributed by atoms with Crippen LogP contribution in [0.4, 0.5) is 0 Å². The maximum absolute atomic E-state index is 12.6. The van der Waals surface area contributed by atoms with Crippen molar-refractivity contribution in [3.8, 4) is 0 Å². The fraction of sp³-hybridized carbons (Fsp3) is 0.667. The Kier molecular flexibility index (Phi) is 4.90. The van der Waals surface area contributed by atoms with Gasteiger partial charge in [0, 0.05) is 24.2 Å². The van der Waals surface area contributed by atoms with Crippen LogP contribution in [0.5, 0.6) is 0 Å². The zero-order valence-corrected chi connectivity index (χ0v) is 16.7. The van der Waals surface area contributed by atoms with E-state index in [0.29, 0.717) is 23.0 Å². The molecule has 0 unspecified atom stereocenters. The highest BCUT2D eigenvalue weighted by atomic mass is 16.2. The van der Waals surface area contributed by atoms with E-state index in [-0.39, 0.29) is 11.8 Å². The molecule has 0 saturated heterocycles. The summed E-state index contributed by atoms with van der Waals surface area (Å²) in [7, 11) is 0. The summed E-state index contributed by atoms with van der Waals surface area (Å²) in [5.41, 5.74) is 1.19.